The number of nitrogens with one attached hydrogen (secondary N) is 1. The summed E-state index contributed by atoms with van der Waals surface area (Å²) in [6, 6.07) is 25.8. The van der Waals surface area contributed by atoms with Crippen molar-refractivity contribution in [2.75, 3.05) is 13.7 Å². The molecule has 0 aliphatic rings. The van der Waals surface area contributed by atoms with Crippen LogP contribution in [0.3, 0.4) is 0 Å². The number of amides is 1. The van der Waals surface area contributed by atoms with E-state index in [-0.39, 0.29) is 5.91 Å². The van der Waals surface area contributed by atoms with Gasteiger partial charge in [0.2, 0.25) is 0 Å². The van der Waals surface area contributed by atoms with Crippen molar-refractivity contribution in [3.05, 3.63) is 90.0 Å². The first-order valence-electron chi connectivity index (χ1n) is 8.83. The van der Waals surface area contributed by atoms with E-state index in [1.54, 1.807) is 7.11 Å². The van der Waals surface area contributed by atoms with Gasteiger partial charge in [0, 0.05) is 12.1 Å². The number of ether oxygens (including phenoxy) is 1. The molecule has 3 aromatic carbocycles. The maximum atomic E-state index is 12.3. The molecule has 1 N–H and O–H groups in total. The average molecular weight is 345 g/mol. The summed E-state index contributed by atoms with van der Waals surface area (Å²) >= 11 is 0. The van der Waals surface area contributed by atoms with E-state index in [0.29, 0.717) is 12.1 Å². The highest BCUT2D eigenvalue weighted by molar-refractivity contribution is 5.94. The van der Waals surface area contributed by atoms with Gasteiger partial charge in [-0.25, -0.2) is 0 Å². The number of methoxy groups -OCH3 is 1. The Balaban J connectivity index is 1.51. The Kier molecular flexibility index (Phi) is 6.05. The van der Waals surface area contributed by atoms with Gasteiger partial charge >= 0.3 is 0 Å². The molecule has 3 nitrogen and oxygen atoms in total. The number of para-hydroxylation sites is 1. The summed E-state index contributed by atoms with van der Waals surface area (Å²) < 4.78 is 5.35. The normalized spacial score (nSPS) is 10.3. The second-order valence-electron chi connectivity index (χ2n) is 6.11. The highest BCUT2D eigenvalue weighted by Crippen LogP contribution is 2.20. The largest absolute Gasteiger partial charge is 0.496 e. The van der Waals surface area contributed by atoms with Gasteiger partial charge in [0.25, 0.3) is 5.91 Å². The topological polar surface area (TPSA) is 38.3 Å². The fourth-order valence-corrected chi connectivity index (χ4v) is 2.94. The molecule has 0 radical (unpaired) electrons. The lowest BCUT2D eigenvalue weighted by molar-refractivity contribution is 0.0953. The highest BCUT2D eigenvalue weighted by Gasteiger charge is 2.06. The van der Waals surface area contributed by atoms with E-state index in [2.05, 4.69) is 23.5 Å². The first-order valence-corrected chi connectivity index (χ1v) is 8.83. The third kappa shape index (κ3) is 4.51. The smallest absolute Gasteiger partial charge is 0.251 e. The molecule has 0 saturated heterocycles. The van der Waals surface area contributed by atoms with Crippen LogP contribution >= 0.6 is 0 Å². The molecule has 132 valence electrons. The average Bonchev–Trinajstić information content (AvgIpc) is 2.72. The molecule has 3 heteroatoms. The number of carbonyl (C=O) groups is 1. The van der Waals surface area contributed by atoms with Crippen molar-refractivity contribution < 1.29 is 9.53 Å². The first-order chi connectivity index (χ1) is 12.8. The quantitative estimate of drug-likeness (QED) is 0.629. The molecule has 0 atom stereocenters. The van der Waals surface area contributed by atoms with Crippen LogP contribution in [-0.2, 0) is 6.42 Å². The molecule has 3 aromatic rings. The Morgan fingerprint density at radius 3 is 2.23 bits per heavy atom. The molecule has 0 aromatic heterocycles. The molecule has 26 heavy (non-hydrogen) atoms. The lowest BCUT2D eigenvalue weighted by atomic mass is 10.0. The summed E-state index contributed by atoms with van der Waals surface area (Å²) in [5.41, 5.74) is 4.10. The Hall–Kier alpha value is -3.07. The Morgan fingerprint density at radius 1 is 0.846 bits per heavy atom. The standard InChI is InChI=1S/C23H23NO2/c1-26-22-12-6-5-10-20(22)11-7-17-24-23(25)21-15-13-19(14-16-21)18-8-3-2-4-9-18/h2-6,8-10,12-16H,7,11,17H2,1H3,(H,24,25). The number of hydrogen-bond donors (Lipinski definition) is 1. The monoisotopic (exact) mass is 345 g/mol. The van der Waals surface area contributed by atoms with Crippen LogP contribution in [0.5, 0.6) is 5.75 Å². The van der Waals surface area contributed by atoms with Gasteiger partial charge in [0.1, 0.15) is 5.75 Å². The molecule has 0 fully saturated rings. The molecule has 0 unspecified atom stereocenters. The molecule has 0 bridgehead atoms. The Morgan fingerprint density at radius 2 is 1.50 bits per heavy atom. The van der Waals surface area contributed by atoms with Crippen LogP contribution in [0.25, 0.3) is 11.1 Å². The molecule has 3 rings (SSSR count). The van der Waals surface area contributed by atoms with E-state index in [1.165, 1.54) is 0 Å². The van der Waals surface area contributed by atoms with Gasteiger partial charge in [-0.05, 0) is 47.7 Å². The van der Waals surface area contributed by atoms with Crippen LogP contribution in [-0.4, -0.2) is 19.6 Å². The minimum atomic E-state index is -0.0374. The fourth-order valence-electron chi connectivity index (χ4n) is 2.94. The van der Waals surface area contributed by atoms with E-state index in [9.17, 15) is 4.79 Å². The van der Waals surface area contributed by atoms with Crippen LogP contribution in [0.2, 0.25) is 0 Å². The van der Waals surface area contributed by atoms with Gasteiger partial charge in [-0.2, -0.15) is 0 Å². The van der Waals surface area contributed by atoms with Gasteiger partial charge in [0.15, 0.2) is 0 Å². The van der Waals surface area contributed by atoms with Crippen molar-refractivity contribution in [3.8, 4) is 16.9 Å². The second-order valence-corrected chi connectivity index (χ2v) is 6.11. The molecule has 0 aliphatic heterocycles. The van der Waals surface area contributed by atoms with Gasteiger partial charge in [0.05, 0.1) is 7.11 Å². The van der Waals surface area contributed by atoms with Crippen LogP contribution < -0.4 is 10.1 Å². The van der Waals surface area contributed by atoms with Crippen LogP contribution in [0.4, 0.5) is 0 Å². The number of carbonyl (C=O) groups excluding carboxylic acids is 1. The maximum Gasteiger partial charge on any atom is 0.251 e. The third-order valence-corrected chi connectivity index (χ3v) is 4.36. The molecule has 0 heterocycles. The zero-order chi connectivity index (χ0) is 18.2. The summed E-state index contributed by atoms with van der Waals surface area (Å²) in [6.45, 7) is 0.636. The van der Waals surface area contributed by atoms with Gasteiger partial charge in [-0.1, -0.05) is 60.7 Å². The van der Waals surface area contributed by atoms with Crippen LogP contribution in [0, 0.1) is 0 Å². The van der Waals surface area contributed by atoms with E-state index in [0.717, 1.165) is 35.3 Å². The zero-order valence-electron chi connectivity index (χ0n) is 14.9. The summed E-state index contributed by atoms with van der Waals surface area (Å²) in [5, 5.41) is 2.99. The fraction of sp³-hybridized carbons (Fsp3) is 0.174. The highest BCUT2D eigenvalue weighted by atomic mass is 16.5. The number of aryl methyl sites for hydroxylation is 1. The Labute approximate surface area is 154 Å². The van der Waals surface area contributed by atoms with E-state index < -0.39 is 0 Å². The van der Waals surface area contributed by atoms with Crippen LogP contribution in [0.15, 0.2) is 78.9 Å². The summed E-state index contributed by atoms with van der Waals surface area (Å²) in [4.78, 5) is 12.3. The van der Waals surface area contributed by atoms with Gasteiger partial charge < -0.3 is 10.1 Å². The first kappa shape index (κ1) is 17.7. The van der Waals surface area contributed by atoms with Crippen molar-refractivity contribution in [1.29, 1.82) is 0 Å². The molecule has 1 amide bonds. The molecular formula is C23H23NO2. The lowest BCUT2D eigenvalue weighted by Gasteiger charge is -2.09. The lowest BCUT2D eigenvalue weighted by Crippen LogP contribution is -2.24. The van der Waals surface area contributed by atoms with Crippen molar-refractivity contribution in [1.82, 2.24) is 5.32 Å². The minimum absolute atomic E-state index is 0.0374. The van der Waals surface area contributed by atoms with Crippen molar-refractivity contribution in [2.45, 2.75) is 12.8 Å². The van der Waals surface area contributed by atoms with Crippen LogP contribution in [0.1, 0.15) is 22.3 Å². The zero-order valence-corrected chi connectivity index (χ0v) is 14.9. The second kappa shape index (κ2) is 8.86. The van der Waals surface area contributed by atoms with E-state index in [4.69, 9.17) is 4.74 Å². The molecular weight excluding hydrogens is 322 g/mol. The predicted molar refractivity (Wildman–Crippen MR) is 106 cm³/mol. The molecule has 0 saturated carbocycles. The Bertz CT molecular complexity index is 842. The van der Waals surface area contributed by atoms with Crippen molar-refractivity contribution >= 4 is 5.91 Å². The SMILES string of the molecule is COc1ccccc1CCCNC(=O)c1ccc(-c2ccccc2)cc1. The van der Waals surface area contributed by atoms with E-state index >= 15 is 0 Å². The summed E-state index contributed by atoms with van der Waals surface area (Å²) in [7, 11) is 1.68. The third-order valence-electron chi connectivity index (χ3n) is 4.36. The predicted octanol–water partition coefficient (Wildman–Crippen LogP) is 4.72. The van der Waals surface area contributed by atoms with Crippen molar-refractivity contribution in [2.24, 2.45) is 0 Å². The minimum Gasteiger partial charge on any atom is -0.496 e. The summed E-state index contributed by atoms with van der Waals surface area (Å²) in [5.74, 6) is 0.861. The summed E-state index contributed by atoms with van der Waals surface area (Å²) in [6.07, 6.45) is 1.74. The van der Waals surface area contributed by atoms with E-state index in [1.807, 2.05) is 60.7 Å². The number of hydrogen-bond acceptors (Lipinski definition) is 2. The molecule has 0 aliphatic carbocycles. The van der Waals surface area contributed by atoms with Crippen molar-refractivity contribution in [3.63, 3.8) is 0 Å². The number of rotatable bonds is 7. The molecule has 0 spiro atoms. The maximum absolute atomic E-state index is 12.3. The van der Waals surface area contributed by atoms with Gasteiger partial charge in [-0.3, -0.25) is 4.79 Å². The number of benzene rings is 3. The van der Waals surface area contributed by atoms with Gasteiger partial charge in [-0.15, -0.1) is 0 Å².